The van der Waals surface area contributed by atoms with Gasteiger partial charge in [-0.15, -0.1) is 11.8 Å². The summed E-state index contributed by atoms with van der Waals surface area (Å²) in [6, 6.07) is 0. The van der Waals surface area contributed by atoms with Gasteiger partial charge in [0.2, 0.25) is 0 Å². The summed E-state index contributed by atoms with van der Waals surface area (Å²) in [4.78, 5) is 5.39. The fraction of sp³-hybridized carbons (Fsp3) is 0.750. The lowest BCUT2D eigenvalue weighted by Gasteiger charge is -1.84. The fourth-order valence-corrected chi connectivity index (χ4v) is 1.27. The average molecular weight is 112 g/mol. The Balaban J connectivity index is 2.36. The van der Waals surface area contributed by atoms with E-state index in [1.54, 1.807) is 0 Å². The lowest BCUT2D eigenvalue weighted by atomic mass is 9.85. The Bertz CT molecular complexity index is 91.7. The number of hydrogen-bond acceptors (Lipinski definition) is 2. The molecule has 7 heavy (non-hydrogen) atoms. The van der Waals surface area contributed by atoms with Crippen molar-refractivity contribution in [1.29, 1.82) is 0 Å². The van der Waals surface area contributed by atoms with Crippen molar-refractivity contribution in [3.8, 4) is 0 Å². The molecule has 1 rings (SSSR count). The minimum atomic E-state index is 1.02. The minimum Gasteiger partial charge on any atom is -0.293 e. The van der Waals surface area contributed by atoms with Crippen LogP contribution in [0.4, 0.5) is 0 Å². The van der Waals surface area contributed by atoms with E-state index in [1.165, 1.54) is 10.7 Å². The molecule has 37 valence electrons. The monoisotopic (exact) mass is 112 g/mol. The van der Waals surface area contributed by atoms with Crippen LogP contribution in [-0.4, -0.2) is 24.5 Å². The first-order valence-electron chi connectivity index (χ1n) is 2.40. The van der Waals surface area contributed by atoms with E-state index in [9.17, 15) is 0 Å². The van der Waals surface area contributed by atoms with Crippen LogP contribution in [0, 0.1) is 0 Å². The summed E-state index contributed by atoms with van der Waals surface area (Å²) in [7, 11) is 2.05. The van der Waals surface area contributed by atoms with Gasteiger partial charge >= 0.3 is 0 Å². The Kier molecular flexibility index (Phi) is 1.80. The van der Waals surface area contributed by atoms with Gasteiger partial charge in [-0.1, -0.05) is 6.82 Å². The molecule has 0 spiro atoms. The van der Waals surface area contributed by atoms with E-state index in [0.717, 1.165) is 6.54 Å². The zero-order chi connectivity index (χ0) is 5.11. The highest BCUT2D eigenvalue weighted by atomic mass is 32.2. The van der Waals surface area contributed by atoms with Crippen molar-refractivity contribution < 1.29 is 0 Å². The van der Waals surface area contributed by atoms with Gasteiger partial charge in [0.25, 0.3) is 0 Å². The topological polar surface area (TPSA) is 12.4 Å². The second-order valence-electron chi connectivity index (χ2n) is 1.36. The maximum atomic E-state index is 4.18. The molecule has 0 bridgehead atoms. The molecule has 1 radical (unpaired) electrons. The normalized spacial score (nSPS) is 19.3. The van der Waals surface area contributed by atoms with E-state index in [-0.39, 0.29) is 0 Å². The smallest absolute Gasteiger partial charge is 0.182 e. The Morgan fingerprint density at radius 2 is 2.71 bits per heavy atom. The van der Waals surface area contributed by atoms with Gasteiger partial charge < -0.3 is 0 Å². The minimum absolute atomic E-state index is 1.02. The number of nitrogens with zero attached hydrogens (tertiary/aromatic N) is 1. The van der Waals surface area contributed by atoms with E-state index < -0.39 is 0 Å². The summed E-state index contributed by atoms with van der Waals surface area (Å²) in [6.45, 7) is 3.04. The molecular weight excluding hydrogens is 105 g/mol. The predicted molar refractivity (Wildman–Crippen MR) is 36.4 cm³/mol. The van der Waals surface area contributed by atoms with E-state index in [4.69, 9.17) is 0 Å². The predicted octanol–water partition coefficient (Wildman–Crippen LogP) is 0.841. The van der Waals surface area contributed by atoms with Gasteiger partial charge in [-0.3, -0.25) is 4.99 Å². The summed E-state index contributed by atoms with van der Waals surface area (Å²) in [5.74, 6) is 1.18. The van der Waals surface area contributed by atoms with Crippen molar-refractivity contribution >= 4 is 24.0 Å². The van der Waals surface area contributed by atoms with Crippen molar-refractivity contribution in [1.82, 2.24) is 0 Å². The van der Waals surface area contributed by atoms with Gasteiger partial charge in [-0.25, -0.2) is 0 Å². The Morgan fingerprint density at radius 3 is 3.00 bits per heavy atom. The number of thioether (sulfide) groups is 1. The second kappa shape index (κ2) is 2.41. The van der Waals surface area contributed by atoms with Gasteiger partial charge in [-0.2, -0.15) is 0 Å². The van der Waals surface area contributed by atoms with Crippen LogP contribution in [0.2, 0.25) is 6.82 Å². The standard InChI is InChI=1S/C4H7BNS/c1-5-4-6-2-3-7-4/h2-3H2,1H3. The molecule has 0 saturated heterocycles. The van der Waals surface area contributed by atoms with Gasteiger partial charge in [0.05, 0.1) is 0 Å². The molecule has 1 aliphatic heterocycles. The van der Waals surface area contributed by atoms with Crippen molar-refractivity contribution in [2.75, 3.05) is 12.3 Å². The highest BCUT2D eigenvalue weighted by Gasteiger charge is 2.02. The second-order valence-corrected chi connectivity index (χ2v) is 2.47. The number of hydrogen-bond donors (Lipinski definition) is 0. The number of rotatable bonds is 1. The molecular formula is C4H7BNS. The lowest BCUT2D eigenvalue weighted by molar-refractivity contribution is 1.18. The van der Waals surface area contributed by atoms with Crippen molar-refractivity contribution in [2.24, 2.45) is 4.99 Å². The molecule has 0 amide bonds. The molecule has 0 aromatic rings. The summed E-state index contributed by atoms with van der Waals surface area (Å²) in [5.41, 5.74) is 0. The molecule has 1 nitrogen and oxygen atoms in total. The van der Waals surface area contributed by atoms with Crippen molar-refractivity contribution in [3.05, 3.63) is 0 Å². The molecule has 1 aliphatic rings. The Labute approximate surface area is 48.8 Å². The van der Waals surface area contributed by atoms with E-state index >= 15 is 0 Å². The third-order valence-corrected chi connectivity index (χ3v) is 1.90. The average Bonchev–Trinajstić information content (AvgIpc) is 2.14. The summed E-state index contributed by atoms with van der Waals surface area (Å²) in [6.07, 6.45) is 0. The quantitative estimate of drug-likeness (QED) is 0.458. The van der Waals surface area contributed by atoms with Crippen LogP contribution in [0.25, 0.3) is 0 Å². The molecule has 0 aromatic heterocycles. The van der Waals surface area contributed by atoms with E-state index in [1.807, 2.05) is 18.6 Å². The Hall–Kier alpha value is 0.0849. The maximum absolute atomic E-state index is 4.18. The first kappa shape index (κ1) is 5.23. The molecule has 0 N–H and O–H groups in total. The number of aliphatic imine (C=N–C) groups is 1. The zero-order valence-corrected chi connectivity index (χ0v) is 5.16. The first-order chi connectivity index (χ1) is 3.43. The highest BCUT2D eigenvalue weighted by molar-refractivity contribution is 8.17. The maximum Gasteiger partial charge on any atom is 0.182 e. The summed E-state index contributed by atoms with van der Waals surface area (Å²) < 4.78 is 0. The SMILES string of the molecule is C[B]C1=NCCS1. The van der Waals surface area contributed by atoms with Crippen LogP contribution in [0.5, 0.6) is 0 Å². The van der Waals surface area contributed by atoms with Gasteiger partial charge in [0, 0.05) is 17.2 Å². The van der Waals surface area contributed by atoms with E-state index in [2.05, 4.69) is 12.3 Å². The molecule has 0 aromatic carbocycles. The molecule has 0 saturated carbocycles. The first-order valence-corrected chi connectivity index (χ1v) is 3.38. The van der Waals surface area contributed by atoms with Crippen molar-refractivity contribution in [3.63, 3.8) is 0 Å². The molecule has 3 heteroatoms. The molecule has 0 unspecified atom stereocenters. The molecule has 1 heterocycles. The summed E-state index contributed by atoms with van der Waals surface area (Å²) in [5, 5.41) is 0. The van der Waals surface area contributed by atoms with Crippen molar-refractivity contribution in [2.45, 2.75) is 6.82 Å². The van der Waals surface area contributed by atoms with Crippen LogP contribution >= 0.6 is 11.8 Å². The van der Waals surface area contributed by atoms with E-state index in [0.29, 0.717) is 0 Å². The molecule has 0 fully saturated rings. The van der Waals surface area contributed by atoms with Crippen LogP contribution in [0.1, 0.15) is 0 Å². The fourth-order valence-electron chi connectivity index (χ4n) is 0.526. The summed E-state index contributed by atoms with van der Waals surface area (Å²) >= 11 is 1.84. The highest BCUT2D eigenvalue weighted by Crippen LogP contribution is 2.09. The van der Waals surface area contributed by atoms with Gasteiger partial charge in [-0.05, 0) is 0 Å². The van der Waals surface area contributed by atoms with Gasteiger partial charge in [0.15, 0.2) is 7.28 Å². The molecule has 0 aliphatic carbocycles. The van der Waals surface area contributed by atoms with Crippen LogP contribution in [-0.2, 0) is 0 Å². The zero-order valence-electron chi connectivity index (χ0n) is 4.35. The lowest BCUT2D eigenvalue weighted by Crippen LogP contribution is -1.93. The van der Waals surface area contributed by atoms with Crippen LogP contribution < -0.4 is 0 Å². The van der Waals surface area contributed by atoms with Gasteiger partial charge in [0.1, 0.15) is 0 Å². The molecule has 0 atom stereocenters. The van der Waals surface area contributed by atoms with Crippen LogP contribution in [0.15, 0.2) is 4.99 Å². The largest absolute Gasteiger partial charge is 0.293 e. The third-order valence-electron chi connectivity index (χ3n) is 0.856. The van der Waals surface area contributed by atoms with Crippen LogP contribution in [0.3, 0.4) is 0 Å². The third kappa shape index (κ3) is 1.23. The Morgan fingerprint density at radius 1 is 1.86 bits per heavy atom.